The molecule has 1 unspecified atom stereocenters. The van der Waals surface area contributed by atoms with Crippen LogP contribution in [0.3, 0.4) is 0 Å². The lowest BCUT2D eigenvalue weighted by Crippen LogP contribution is -2.60. The number of nitrogens with one attached hydrogen (secondary N) is 2. The highest BCUT2D eigenvalue weighted by atomic mass is 19.4. The highest BCUT2D eigenvalue weighted by Crippen LogP contribution is 2.40. The molecule has 0 radical (unpaired) electrons. The molecule has 2 aromatic carbocycles. The number of hydrogen-bond donors (Lipinski definition) is 3. The highest BCUT2D eigenvalue weighted by molar-refractivity contribution is 6.12. The number of imide groups is 1. The molecule has 2 fully saturated rings. The van der Waals surface area contributed by atoms with Crippen LogP contribution in [0.1, 0.15) is 37.8 Å². The number of ether oxygens (including phenoxy) is 1. The molecule has 0 bridgehead atoms. The molecule has 0 saturated carbocycles. The molecule has 17 heteroatoms. The summed E-state index contributed by atoms with van der Waals surface area (Å²) in [6, 6.07) is 19.7. The van der Waals surface area contributed by atoms with Crippen LogP contribution in [-0.4, -0.2) is 80.2 Å². The number of benzene rings is 2. The van der Waals surface area contributed by atoms with Crippen LogP contribution in [0, 0.1) is 23.1 Å². The van der Waals surface area contributed by atoms with Crippen LogP contribution in [0.5, 0.6) is 11.5 Å². The first-order valence-corrected chi connectivity index (χ1v) is 17.3. The van der Waals surface area contributed by atoms with Crippen LogP contribution in [0.4, 0.5) is 45.5 Å². The van der Waals surface area contributed by atoms with Crippen molar-refractivity contribution in [3.63, 3.8) is 0 Å². The molecule has 6 rings (SSSR count). The summed E-state index contributed by atoms with van der Waals surface area (Å²) in [5.74, 6) is -2.91. The van der Waals surface area contributed by atoms with Crippen molar-refractivity contribution < 1.29 is 41.8 Å². The van der Waals surface area contributed by atoms with Crippen LogP contribution in [-0.2, 0) is 16.1 Å². The summed E-state index contributed by atoms with van der Waals surface area (Å²) in [5.41, 5.74) is -1.91. The number of amides is 4. The molecule has 2 saturated heterocycles. The largest absolute Gasteiger partial charge is 0.454 e. The Balaban J connectivity index is 1.11. The van der Waals surface area contributed by atoms with Gasteiger partial charge >= 0.3 is 12.2 Å². The fourth-order valence-electron chi connectivity index (χ4n) is 6.24. The maximum absolute atomic E-state index is 15.3. The fourth-order valence-corrected chi connectivity index (χ4v) is 6.24. The number of aromatic nitrogens is 2. The van der Waals surface area contributed by atoms with Crippen molar-refractivity contribution in [3.05, 3.63) is 95.9 Å². The van der Waals surface area contributed by atoms with Gasteiger partial charge in [-0.1, -0.05) is 30.3 Å². The summed E-state index contributed by atoms with van der Waals surface area (Å²) in [6.07, 6.45) is -4.57. The number of carbonyl (C=O) groups is 3. The number of urea groups is 1. The zero-order chi connectivity index (χ0) is 39.5. The number of carbonyl (C=O) groups excluding carboxylic acids is 3. The summed E-state index contributed by atoms with van der Waals surface area (Å²) in [6.45, 7) is 3.05. The molecule has 3 N–H and O–H groups in total. The van der Waals surface area contributed by atoms with Gasteiger partial charge in [-0.15, -0.1) is 0 Å². The molecule has 13 nitrogen and oxygen atoms in total. The van der Waals surface area contributed by atoms with E-state index in [0.29, 0.717) is 5.56 Å². The zero-order valence-electron chi connectivity index (χ0n) is 29.7. The molecule has 4 amide bonds. The van der Waals surface area contributed by atoms with E-state index in [2.05, 4.69) is 20.6 Å². The summed E-state index contributed by atoms with van der Waals surface area (Å²) in [7, 11) is 0. The third-order valence-electron chi connectivity index (χ3n) is 9.37. The summed E-state index contributed by atoms with van der Waals surface area (Å²) in [5, 5.41) is 25.2. The monoisotopic (exact) mass is 760 g/mol. The second kappa shape index (κ2) is 15.6. The van der Waals surface area contributed by atoms with Gasteiger partial charge in [0.25, 0.3) is 0 Å². The van der Waals surface area contributed by atoms with Crippen molar-refractivity contribution in [1.82, 2.24) is 19.8 Å². The minimum atomic E-state index is -4.78. The van der Waals surface area contributed by atoms with E-state index in [1.807, 2.05) is 12.1 Å². The SMILES string of the molecule is CC(C)N1CC(C(=O)Nc2ccc(Oc3ccnc(Nc4ccc(C#N)c(N5CCC(O)(C(F)(F)F)CC5)n4)c3)c(F)c2)C(=O)N(Cc2ccccc2)C1=O. The molecule has 4 aromatic rings. The number of alkyl halides is 3. The minimum Gasteiger partial charge on any atom is -0.454 e. The van der Waals surface area contributed by atoms with E-state index in [1.54, 1.807) is 38.1 Å². The first-order valence-electron chi connectivity index (χ1n) is 17.3. The van der Waals surface area contributed by atoms with Crippen molar-refractivity contribution in [1.29, 1.82) is 5.26 Å². The van der Waals surface area contributed by atoms with Gasteiger partial charge in [-0.05, 0) is 49.7 Å². The van der Waals surface area contributed by atoms with Gasteiger partial charge < -0.3 is 30.3 Å². The van der Waals surface area contributed by atoms with Gasteiger partial charge in [0.2, 0.25) is 11.8 Å². The van der Waals surface area contributed by atoms with E-state index in [-0.39, 0.29) is 72.4 Å². The first kappa shape index (κ1) is 38.4. The lowest BCUT2D eigenvalue weighted by atomic mass is 9.90. The fraction of sp³-hybridized carbons (Fsp3) is 0.316. The molecule has 55 heavy (non-hydrogen) atoms. The van der Waals surface area contributed by atoms with Gasteiger partial charge in [-0.3, -0.25) is 14.5 Å². The Morgan fingerprint density at radius 1 is 1.05 bits per heavy atom. The predicted octanol–water partition coefficient (Wildman–Crippen LogP) is 6.34. The Kier molecular flexibility index (Phi) is 10.9. The standard InChI is InChI=1S/C38H36F4N8O5/c1-23(2)49-22-28(35(52)50(36(49)53)21-24-6-4-3-5-7-24)34(51)45-26-9-10-30(29(39)18-26)55-27-12-15-44-32(19-27)46-31-11-8-25(20-43)33(47-31)48-16-13-37(54,14-17-48)38(40,41)42/h3-12,15,18-19,23,28,54H,13-14,16-17,21-22H2,1-2H3,(H,45,51)(H,44,46,47). The molecule has 1 atom stereocenters. The molecule has 286 valence electrons. The smallest absolute Gasteiger partial charge is 0.417 e. The average Bonchev–Trinajstić information content (AvgIpc) is 3.15. The maximum atomic E-state index is 15.3. The highest BCUT2D eigenvalue weighted by Gasteiger charge is 2.54. The molecule has 2 aromatic heterocycles. The third-order valence-corrected chi connectivity index (χ3v) is 9.37. The number of nitrogens with zero attached hydrogens (tertiary/aromatic N) is 6. The Morgan fingerprint density at radius 2 is 1.78 bits per heavy atom. The van der Waals surface area contributed by atoms with Gasteiger partial charge in [0.05, 0.1) is 12.1 Å². The number of anilines is 4. The Morgan fingerprint density at radius 3 is 2.44 bits per heavy atom. The number of halogens is 4. The maximum Gasteiger partial charge on any atom is 0.417 e. The van der Waals surface area contributed by atoms with E-state index >= 15 is 4.39 Å². The van der Waals surface area contributed by atoms with Gasteiger partial charge in [0, 0.05) is 62.5 Å². The number of rotatable bonds is 10. The Labute approximate surface area is 313 Å². The first-order chi connectivity index (χ1) is 26.2. The lowest BCUT2D eigenvalue weighted by molar-refractivity contribution is -0.266. The van der Waals surface area contributed by atoms with Crippen LogP contribution in [0.2, 0.25) is 0 Å². The van der Waals surface area contributed by atoms with Crippen molar-refractivity contribution >= 4 is 41.0 Å². The number of hydrogen-bond acceptors (Lipinski definition) is 10. The number of piperidine rings is 1. The summed E-state index contributed by atoms with van der Waals surface area (Å²) in [4.78, 5) is 52.6. The minimum absolute atomic E-state index is 0.0116. The number of nitriles is 1. The topological polar surface area (TPSA) is 164 Å². The molecule has 4 heterocycles. The van der Waals surface area contributed by atoms with Crippen molar-refractivity contribution in [3.8, 4) is 17.6 Å². The summed E-state index contributed by atoms with van der Waals surface area (Å²) < 4.78 is 61.0. The van der Waals surface area contributed by atoms with Crippen LogP contribution < -0.4 is 20.3 Å². The molecule has 2 aliphatic rings. The van der Waals surface area contributed by atoms with E-state index in [1.165, 1.54) is 52.4 Å². The van der Waals surface area contributed by atoms with Crippen LogP contribution in [0.15, 0.2) is 79.0 Å². The van der Waals surface area contributed by atoms with Crippen LogP contribution >= 0.6 is 0 Å². The molecule has 0 aliphatic carbocycles. The zero-order valence-corrected chi connectivity index (χ0v) is 29.7. The molecular formula is C38H36F4N8O5. The quantitative estimate of drug-likeness (QED) is 0.123. The van der Waals surface area contributed by atoms with Gasteiger partial charge in [-0.2, -0.15) is 18.4 Å². The second-order valence-corrected chi connectivity index (χ2v) is 13.4. The van der Waals surface area contributed by atoms with Crippen molar-refractivity contribution in [2.75, 3.05) is 35.2 Å². The summed E-state index contributed by atoms with van der Waals surface area (Å²) >= 11 is 0. The molecule has 2 aliphatic heterocycles. The third kappa shape index (κ3) is 8.44. The lowest BCUT2D eigenvalue weighted by Gasteiger charge is -2.40. The second-order valence-electron chi connectivity index (χ2n) is 13.4. The van der Waals surface area contributed by atoms with Gasteiger partial charge in [0.1, 0.15) is 35.2 Å². The van der Waals surface area contributed by atoms with E-state index in [9.17, 15) is 37.9 Å². The van der Waals surface area contributed by atoms with Gasteiger partial charge in [-0.25, -0.2) is 19.2 Å². The van der Waals surface area contributed by atoms with Crippen molar-refractivity contribution in [2.24, 2.45) is 5.92 Å². The number of pyridine rings is 2. The molecule has 0 spiro atoms. The molecular weight excluding hydrogens is 724 g/mol. The van der Waals surface area contributed by atoms with E-state index in [4.69, 9.17) is 4.74 Å². The van der Waals surface area contributed by atoms with Crippen LogP contribution in [0.25, 0.3) is 0 Å². The van der Waals surface area contributed by atoms with E-state index in [0.717, 1.165) is 11.0 Å². The Hall–Kier alpha value is -6.28. The van der Waals surface area contributed by atoms with Gasteiger partial charge in [0.15, 0.2) is 17.2 Å². The predicted molar refractivity (Wildman–Crippen MR) is 192 cm³/mol. The van der Waals surface area contributed by atoms with Crippen molar-refractivity contribution in [2.45, 2.75) is 51.1 Å². The van der Waals surface area contributed by atoms with E-state index < -0.39 is 54.2 Å². The number of aliphatic hydroxyl groups is 1. The normalized spacial score (nSPS) is 17.2. The average molecular weight is 761 g/mol. The Bertz CT molecular complexity index is 2120.